The SMILES string of the molecule is O=c1cc(CN(Cc2cccc(F)c2)C[C@H]2CCCO2)occ1O. The molecule has 1 aliphatic rings. The van der Waals surface area contributed by atoms with Crippen molar-refractivity contribution in [2.75, 3.05) is 13.2 Å². The minimum Gasteiger partial charge on any atom is -0.502 e. The summed E-state index contributed by atoms with van der Waals surface area (Å²) in [4.78, 5) is 13.6. The van der Waals surface area contributed by atoms with Crippen LogP contribution in [0.2, 0.25) is 0 Å². The molecule has 0 amide bonds. The van der Waals surface area contributed by atoms with Crippen LogP contribution in [-0.2, 0) is 17.8 Å². The summed E-state index contributed by atoms with van der Waals surface area (Å²) >= 11 is 0. The average molecular weight is 333 g/mol. The average Bonchev–Trinajstić information content (AvgIpc) is 3.04. The molecule has 0 unspecified atom stereocenters. The molecule has 0 radical (unpaired) electrons. The van der Waals surface area contributed by atoms with Gasteiger partial charge in [0, 0.05) is 25.8 Å². The summed E-state index contributed by atoms with van der Waals surface area (Å²) in [5.74, 6) is -0.234. The Morgan fingerprint density at radius 1 is 1.29 bits per heavy atom. The highest BCUT2D eigenvalue weighted by atomic mass is 19.1. The Morgan fingerprint density at radius 2 is 2.17 bits per heavy atom. The zero-order chi connectivity index (χ0) is 16.9. The van der Waals surface area contributed by atoms with Crippen molar-refractivity contribution in [3.8, 4) is 5.75 Å². The summed E-state index contributed by atoms with van der Waals surface area (Å²) in [6.07, 6.45) is 3.19. The van der Waals surface area contributed by atoms with E-state index >= 15 is 0 Å². The number of rotatable bonds is 6. The van der Waals surface area contributed by atoms with Crippen LogP contribution < -0.4 is 5.43 Å². The number of nitrogens with zero attached hydrogens (tertiary/aromatic N) is 1. The Labute approximate surface area is 139 Å². The molecule has 0 aliphatic carbocycles. The number of aromatic hydroxyl groups is 1. The van der Waals surface area contributed by atoms with Crippen LogP contribution >= 0.6 is 0 Å². The summed E-state index contributed by atoms with van der Waals surface area (Å²) in [6.45, 7) is 2.32. The molecule has 1 saturated heterocycles. The molecular weight excluding hydrogens is 313 g/mol. The zero-order valence-electron chi connectivity index (χ0n) is 13.3. The van der Waals surface area contributed by atoms with Crippen LogP contribution in [0.4, 0.5) is 4.39 Å². The van der Waals surface area contributed by atoms with Crippen molar-refractivity contribution >= 4 is 0 Å². The minimum absolute atomic E-state index is 0.127. The maximum atomic E-state index is 13.4. The molecule has 0 spiro atoms. The quantitative estimate of drug-likeness (QED) is 0.880. The number of ether oxygens (including phenoxy) is 1. The predicted octanol–water partition coefficient (Wildman–Crippen LogP) is 2.67. The van der Waals surface area contributed by atoms with Gasteiger partial charge in [0.05, 0.1) is 12.6 Å². The van der Waals surface area contributed by atoms with Gasteiger partial charge >= 0.3 is 0 Å². The van der Waals surface area contributed by atoms with Crippen molar-refractivity contribution < 1.29 is 18.7 Å². The first-order chi connectivity index (χ1) is 11.6. The molecule has 1 aromatic heterocycles. The van der Waals surface area contributed by atoms with E-state index in [4.69, 9.17) is 9.15 Å². The molecule has 24 heavy (non-hydrogen) atoms. The van der Waals surface area contributed by atoms with Crippen LogP contribution in [0.15, 0.2) is 45.8 Å². The maximum Gasteiger partial charge on any atom is 0.226 e. The van der Waals surface area contributed by atoms with Crippen molar-refractivity contribution in [3.63, 3.8) is 0 Å². The summed E-state index contributed by atoms with van der Waals surface area (Å²) in [5, 5.41) is 9.29. The second-order valence-corrected chi connectivity index (χ2v) is 6.03. The highest BCUT2D eigenvalue weighted by molar-refractivity contribution is 5.17. The first-order valence-electron chi connectivity index (χ1n) is 7.99. The lowest BCUT2D eigenvalue weighted by Crippen LogP contribution is -2.31. The normalized spacial score (nSPS) is 17.5. The summed E-state index contributed by atoms with van der Waals surface area (Å²) < 4.78 is 24.4. The third-order valence-corrected chi connectivity index (χ3v) is 4.03. The summed E-state index contributed by atoms with van der Waals surface area (Å²) in [7, 11) is 0. The van der Waals surface area contributed by atoms with Crippen molar-refractivity contribution in [1.82, 2.24) is 4.90 Å². The number of hydrogen-bond acceptors (Lipinski definition) is 5. The van der Waals surface area contributed by atoms with Gasteiger partial charge in [-0.1, -0.05) is 12.1 Å². The largest absolute Gasteiger partial charge is 0.502 e. The van der Waals surface area contributed by atoms with Crippen LogP contribution in [-0.4, -0.2) is 29.3 Å². The smallest absolute Gasteiger partial charge is 0.226 e. The molecule has 5 nitrogen and oxygen atoms in total. The Hall–Kier alpha value is -2.18. The van der Waals surface area contributed by atoms with E-state index in [1.54, 1.807) is 6.07 Å². The van der Waals surface area contributed by atoms with E-state index in [-0.39, 0.29) is 11.9 Å². The van der Waals surface area contributed by atoms with Gasteiger partial charge in [0.25, 0.3) is 0 Å². The zero-order valence-corrected chi connectivity index (χ0v) is 13.3. The maximum absolute atomic E-state index is 13.4. The number of hydrogen-bond donors (Lipinski definition) is 1. The predicted molar refractivity (Wildman–Crippen MR) is 86.1 cm³/mol. The van der Waals surface area contributed by atoms with Crippen molar-refractivity contribution in [2.45, 2.75) is 32.0 Å². The highest BCUT2D eigenvalue weighted by Gasteiger charge is 2.20. The molecule has 2 aromatic rings. The van der Waals surface area contributed by atoms with Crippen molar-refractivity contribution in [3.05, 3.63) is 64.0 Å². The lowest BCUT2D eigenvalue weighted by atomic mass is 10.1. The second-order valence-electron chi connectivity index (χ2n) is 6.03. The third kappa shape index (κ3) is 4.43. The summed E-state index contributed by atoms with van der Waals surface area (Å²) in [5.41, 5.74) is 0.369. The van der Waals surface area contributed by atoms with E-state index in [1.165, 1.54) is 18.2 Å². The fraction of sp³-hybridized carbons (Fsp3) is 0.389. The molecular formula is C18H20FNO4. The molecule has 1 atom stereocenters. The Balaban J connectivity index is 1.75. The molecule has 1 aliphatic heterocycles. The monoisotopic (exact) mass is 333 g/mol. The Kier molecular flexibility index (Phi) is 5.27. The third-order valence-electron chi connectivity index (χ3n) is 4.03. The lowest BCUT2D eigenvalue weighted by Gasteiger charge is -2.24. The second kappa shape index (κ2) is 7.59. The molecule has 0 saturated carbocycles. The minimum atomic E-state index is -0.473. The molecule has 128 valence electrons. The van der Waals surface area contributed by atoms with E-state index in [9.17, 15) is 14.3 Å². The van der Waals surface area contributed by atoms with Crippen molar-refractivity contribution in [1.29, 1.82) is 0 Å². The highest BCUT2D eigenvalue weighted by Crippen LogP contribution is 2.18. The van der Waals surface area contributed by atoms with Crippen LogP contribution in [0, 0.1) is 5.82 Å². The van der Waals surface area contributed by atoms with Gasteiger partial charge in [0.2, 0.25) is 5.43 Å². The number of halogens is 1. The summed E-state index contributed by atoms with van der Waals surface area (Å²) in [6, 6.07) is 7.72. The van der Waals surface area contributed by atoms with Crippen LogP contribution in [0.25, 0.3) is 0 Å². The van der Waals surface area contributed by atoms with Gasteiger partial charge in [-0.2, -0.15) is 0 Å². The Morgan fingerprint density at radius 3 is 2.88 bits per heavy atom. The topological polar surface area (TPSA) is 62.9 Å². The van der Waals surface area contributed by atoms with Gasteiger partial charge in [-0.3, -0.25) is 9.69 Å². The lowest BCUT2D eigenvalue weighted by molar-refractivity contribution is 0.0652. The van der Waals surface area contributed by atoms with Gasteiger partial charge < -0.3 is 14.3 Å². The van der Waals surface area contributed by atoms with Crippen LogP contribution in [0.3, 0.4) is 0 Å². The van der Waals surface area contributed by atoms with Gasteiger partial charge in [-0.05, 0) is 30.5 Å². The van der Waals surface area contributed by atoms with E-state index in [2.05, 4.69) is 4.90 Å². The molecule has 2 heterocycles. The first kappa shape index (κ1) is 16.7. The van der Waals surface area contributed by atoms with Crippen molar-refractivity contribution in [2.24, 2.45) is 0 Å². The van der Waals surface area contributed by atoms with Gasteiger partial charge in [0.1, 0.15) is 17.8 Å². The van der Waals surface area contributed by atoms with Crippen LogP contribution in [0.5, 0.6) is 5.75 Å². The van der Waals surface area contributed by atoms with E-state index in [0.717, 1.165) is 31.3 Å². The molecule has 3 rings (SSSR count). The molecule has 1 N–H and O–H groups in total. The molecule has 1 aromatic carbocycles. The Bertz CT molecular complexity index is 740. The number of benzene rings is 1. The van der Waals surface area contributed by atoms with E-state index in [1.807, 2.05) is 6.07 Å². The first-order valence-corrected chi connectivity index (χ1v) is 7.99. The fourth-order valence-corrected chi connectivity index (χ4v) is 2.90. The molecule has 6 heteroatoms. The fourth-order valence-electron chi connectivity index (χ4n) is 2.90. The van der Waals surface area contributed by atoms with E-state index in [0.29, 0.717) is 25.4 Å². The van der Waals surface area contributed by atoms with Gasteiger partial charge in [-0.15, -0.1) is 0 Å². The van der Waals surface area contributed by atoms with Gasteiger partial charge in [-0.25, -0.2) is 4.39 Å². The molecule has 0 bridgehead atoms. The van der Waals surface area contributed by atoms with Crippen LogP contribution in [0.1, 0.15) is 24.2 Å². The van der Waals surface area contributed by atoms with E-state index < -0.39 is 11.2 Å². The standard InChI is InChI=1S/C18H20FNO4/c19-14-4-1-3-13(7-14)9-20(10-15-5-2-6-23-15)11-16-8-17(21)18(22)12-24-16/h1,3-4,7-8,12,15,22H,2,5-6,9-11H2/t15-/m1/s1. The molecule has 1 fully saturated rings. The van der Waals surface area contributed by atoms with Gasteiger partial charge in [0.15, 0.2) is 5.75 Å².